The highest BCUT2D eigenvalue weighted by molar-refractivity contribution is 5.09. The van der Waals surface area contributed by atoms with Crippen molar-refractivity contribution in [1.82, 2.24) is 10.2 Å². The van der Waals surface area contributed by atoms with Gasteiger partial charge in [0.2, 0.25) is 0 Å². The van der Waals surface area contributed by atoms with Gasteiger partial charge in [0, 0.05) is 30.7 Å². The topological polar surface area (TPSA) is 24.5 Å². The minimum Gasteiger partial charge on any atom is -0.378 e. The first-order valence-electron chi connectivity index (χ1n) is 8.11. The predicted molar refractivity (Wildman–Crippen MR) is 80.5 cm³/mol. The molecule has 0 radical (unpaired) electrons. The summed E-state index contributed by atoms with van der Waals surface area (Å²) in [5, 5.41) is 3.83. The summed E-state index contributed by atoms with van der Waals surface area (Å²) >= 11 is 0. The number of nitrogens with zero attached hydrogens (tertiary/aromatic N) is 1. The largest absolute Gasteiger partial charge is 0.378 e. The summed E-state index contributed by atoms with van der Waals surface area (Å²) in [6, 6.07) is 1.29. The van der Waals surface area contributed by atoms with Crippen LogP contribution in [0.1, 0.15) is 52.4 Å². The zero-order chi connectivity index (χ0) is 13.9. The fraction of sp³-hybridized carbons (Fsp3) is 1.00. The van der Waals surface area contributed by atoms with Crippen LogP contribution in [0.4, 0.5) is 0 Å². The average molecular weight is 268 g/mol. The molecule has 2 aliphatic carbocycles. The van der Waals surface area contributed by atoms with Gasteiger partial charge in [-0.1, -0.05) is 19.3 Å². The van der Waals surface area contributed by atoms with Gasteiger partial charge in [-0.25, -0.2) is 0 Å². The zero-order valence-electron chi connectivity index (χ0n) is 13.2. The molecule has 2 aliphatic rings. The Labute approximate surface area is 119 Å². The van der Waals surface area contributed by atoms with E-state index in [-0.39, 0.29) is 0 Å². The van der Waals surface area contributed by atoms with E-state index in [0.717, 1.165) is 13.2 Å². The van der Waals surface area contributed by atoms with Crippen molar-refractivity contribution in [1.29, 1.82) is 0 Å². The molecule has 0 saturated heterocycles. The summed E-state index contributed by atoms with van der Waals surface area (Å²) in [5.74, 6) is 0. The Morgan fingerprint density at radius 1 is 1.26 bits per heavy atom. The second-order valence-electron chi connectivity index (χ2n) is 6.75. The monoisotopic (exact) mass is 268 g/mol. The lowest BCUT2D eigenvalue weighted by molar-refractivity contribution is -0.150. The third-order valence-electron chi connectivity index (χ3n) is 5.48. The van der Waals surface area contributed by atoms with E-state index in [0.29, 0.717) is 23.6 Å². The maximum absolute atomic E-state index is 6.01. The molecule has 0 amide bonds. The molecule has 112 valence electrons. The molecule has 19 heavy (non-hydrogen) atoms. The SMILES string of the molecule is CCOC1CC(NCC(C)N(C)C)C12CCCCC2. The van der Waals surface area contributed by atoms with E-state index in [4.69, 9.17) is 4.74 Å². The molecule has 0 bridgehead atoms. The van der Waals surface area contributed by atoms with Gasteiger partial charge in [0.25, 0.3) is 0 Å². The molecular weight excluding hydrogens is 236 g/mol. The minimum absolute atomic E-state index is 0.459. The molecule has 2 rings (SSSR count). The Kier molecular flexibility index (Phi) is 5.27. The van der Waals surface area contributed by atoms with Crippen molar-refractivity contribution < 1.29 is 4.74 Å². The molecule has 0 aliphatic heterocycles. The van der Waals surface area contributed by atoms with Gasteiger partial charge in [0.05, 0.1) is 6.10 Å². The van der Waals surface area contributed by atoms with Gasteiger partial charge in [-0.3, -0.25) is 0 Å². The van der Waals surface area contributed by atoms with E-state index in [2.05, 4.69) is 38.2 Å². The molecule has 1 spiro atoms. The Morgan fingerprint density at radius 2 is 1.95 bits per heavy atom. The van der Waals surface area contributed by atoms with Crippen LogP contribution in [0.5, 0.6) is 0 Å². The first kappa shape index (κ1) is 15.3. The average Bonchev–Trinajstić information content (AvgIpc) is 2.42. The molecule has 0 aromatic heterocycles. The molecule has 3 unspecified atom stereocenters. The third-order valence-corrected chi connectivity index (χ3v) is 5.48. The van der Waals surface area contributed by atoms with Crippen molar-refractivity contribution in [2.75, 3.05) is 27.2 Å². The Morgan fingerprint density at radius 3 is 2.53 bits per heavy atom. The summed E-state index contributed by atoms with van der Waals surface area (Å²) in [4.78, 5) is 2.29. The fourth-order valence-corrected chi connectivity index (χ4v) is 3.85. The van der Waals surface area contributed by atoms with Crippen LogP contribution in [0.3, 0.4) is 0 Å². The van der Waals surface area contributed by atoms with E-state index in [9.17, 15) is 0 Å². The quantitative estimate of drug-likeness (QED) is 0.801. The molecular formula is C16H32N2O. The van der Waals surface area contributed by atoms with Gasteiger partial charge in [-0.15, -0.1) is 0 Å². The van der Waals surface area contributed by atoms with E-state index in [1.54, 1.807) is 0 Å². The molecule has 2 fully saturated rings. The predicted octanol–water partition coefficient (Wildman–Crippen LogP) is 2.65. The second-order valence-corrected chi connectivity index (χ2v) is 6.75. The molecule has 0 aromatic carbocycles. The van der Waals surface area contributed by atoms with Crippen LogP contribution in [0.25, 0.3) is 0 Å². The first-order chi connectivity index (χ1) is 9.10. The van der Waals surface area contributed by atoms with Crippen molar-refractivity contribution >= 4 is 0 Å². The summed E-state index contributed by atoms with van der Waals surface area (Å²) in [7, 11) is 4.32. The van der Waals surface area contributed by atoms with Crippen molar-refractivity contribution in [3.63, 3.8) is 0 Å². The Balaban J connectivity index is 1.90. The van der Waals surface area contributed by atoms with Crippen molar-refractivity contribution in [2.45, 2.75) is 70.6 Å². The van der Waals surface area contributed by atoms with Gasteiger partial charge >= 0.3 is 0 Å². The van der Waals surface area contributed by atoms with E-state index < -0.39 is 0 Å². The number of hydrogen-bond acceptors (Lipinski definition) is 3. The highest BCUT2D eigenvalue weighted by Gasteiger charge is 2.55. The molecule has 0 aromatic rings. The third kappa shape index (κ3) is 3.14. The lowest BCUT2D eigenvalue weighted by Gasteiger charge is -2.58. The van der Waals surface area contributed by atoms with Crippen molar-refractivity contribution in [2.24, 2.45) is 5.41 Å². The van der Waals surface area contributed by atoms with E-state index in [1.165, 1.54) is 38.5 Å². The lowest BCUT2D eigenvalue weighted by Crippen LogP contribution is -2.65. The summed E-state index contributed by atoms with van der Waals surface area (Å²) < 4.78 is 6.01. The number of nitrogens with one attached hydrogen (secondary N) is 1. The van der Waals surface area contributed by atoms with Crippen LogP contribution >= 0.6 is 0 Å². The zero-order valence-corrected chi connectivity index (χ0v) is 13.2. The van der Waals surface area contributed by atoms with Gasteiger partial charge < -0.3 is 15.0 Å². The van der Waals surface area contributed by atoms with Crippen molar-refractivity contribution in [3.05, 3.63) is 0 Å². The van der Waals surface area contributed by atoms with Gasteiger partial charge in [-0.2, -0.15) is 0 Å². The smallest absolute Gasteiger partial charge is 0.0661 e. The maximum Gasteiger partial charge on any atom is 0.0661 e. The standard InChI is InChI=1S/C16H32N2O/c1-5-19-15-11-14(17-12-13(2)18(3)4)16(15)9-7-6-8-10-16/h13-15,17H,5-12H2,1-4H3. The number of ether oxygens (including phenoxy) is 1. The summed E-state index contributed by atoms with van der Waals surface area (Å²) in [6.07, 6.45) is 8.67. The highest BCUT2D eigenvalue weighted by atomic mass is 16.5. The maximum atomic E-state index is 6.01. The van der Waals surface area contributed by atoms with Crippen molar-refractivity contribution in [3.8, 4) is 0 Å². The lowest BCUT2D eigenvalue weighted by atomic mass is 9.55. The van der Waals surface area contributed by atoms with Gasteiger partial charge in [-0.05, 0) is 47.2 Å². The van der Waals surface area contributed by atoms with Gasteiger partial charge in [0.15, 0.2) is 0 Å². The molecule has 1 N–H and O–H groups in total. The molecule has 3 heteroatoms. The van der Waals surface area contributed by atoms with Crippen LogP contribution in [0.15, 0.2) is 0 Å². The summed E-state index contributed by atoms with van der Waals surface area (Å²) in [5.41, 5.74) is 0.459. The van der Waals surface area contributed by atoms with E-state index >= 15 is 0 Å². The van der Waals surface area contributed by atoms with E-state index in [1.807, 2.05) is 0 Å². The number of rotatable bonds is 6. The highest BCUT2D eigenvalue weighted by Crippen LogP contribution is 2.53. The fourth-order valence-electron chi connectivity index (χ4n) is 3.85. The van der Waals surface area contributed by atoms with Crippen LogP contribution < -0.4 is 5.32 Å². The summed E-state index contributed by atoms with van der Waals surface area (Å²) in [6.45, 7) is 6.39. The Hall–Kier alpha value is -0.120. The molecule has 2 saturated carbocycles. The van der Waals surface area contributed by atoms with Crippen LogP contribution in [-0.2, 0) is 4.74 Å². The van der Waals surface area contributed by atoms with Gasteiger partial charge in [0.1, 0.15) is 0 Å². The molecule has 0 heterocycles. The number of hydrogen-bond donors (Lipinski definition) is 1. The minimum atomic E-state index is 0.459. The number of likely N-dealkylation sites (N-methyl/N-ethyl adjacent to an activating group) is 1. The Bertz CT molecular complexity index is 274. The normalized spacial score (nSPS) is 31.4. The molecule has 3 atom stereocenters. The van der Waals surface area contributed by atoms with Crippen LogP contribution in [0, 0.1) is 5.41 Å². The van der Waals surface area contributed by atoms with Crippen LogP contribution in [0.2, 0.25) is 0 Å². The molecule has 3 nitrogen and oxygen atoms in total. The van der Waals surface area contributed by atoms with Crippen LogP contribution in [-0.4, -0.2) is 50.3 Å². The first-order valence-corrected chi connectivity index (χ1v) is 8.11. The second kappa shape index (κ2) is 6.55.